The molecule has 0 unspecified atom stereocenters. The molecule has 20 heavy (non-hydrogen) atoms. The molecule has 0 aromatic heterocycles. The van der Waals surface area contributed by atoms with E-state index >= 15 is 0 Å². The van der Waals surface area contributed by atoms with E-state index in [0.717, 1.165) is 25.7 Å². The quantitative estimate of drug-likeness (QED) is 0.726. The van der Waals surface area contributed by atoms with Gasteiger partial charge in [-0.25, -0.2) is 13.1 Å². The molecular formula is C13H18Br2N2O2S. The van der Waals surface area contributed by atoms with Gasteiger partial charge in [-0.1, -0.05) is 6.92 Å². The van der Waals surface area contributed by atoms with Crippen molar-refractivity contribution in [3.8, 4) is 0 Å². The molecule has 1 aromatic rings. The van der Waals surface area contributed by atoms with E-state index in [4.69, 9.17) is 5.73 Å². The lowest BCUT2D eigenvalue weighted by molar-refractivity contribution is 0.332. The fraction of sp³-hybridized carbons (Fsp3) is 0.538. The second-order valence-corrected chi connectivity index (χ2v) is 8.75. The van der Waals surface area contributed by atoms with Crippen molar-refractivity contribution in [2.75, 3.05) is 5.73 Å². The summed E-state index contributed by atoms with van der Waals surface area (Å²) in [5.41, 5.74) is 6.20. The van der Waals surface area contributed by atoms with Crippen LogP contribution in [0.15, 0.2) is 26.0 Å². The molecule has 1 fully saturated rings. The summed E-state index contributed by atoms with van der Waals surface area (Å²) in [6.45, 7) is 2.21. The number of sulfonamides is 1. The Balaban J connectivity index is 2.23. The normalized spacial score (nSPS) is 23.8. The van der Waals surface area contributed by atoms with E-state index in [0.29, 0.717) is 20.6 Å². The second-order valence-electron chi connectivity index (χ2n) is 5.39. The fourth-order valence-corrected chi connectivity index (χ4v) is 6.42. The molecule has 0 saturated heterocycles. The van der Waals surface area contributed by atoms with E-state index < -0.39 is 10.0 Å². The van der Waals surface area contributed by atoms with Crippen LogP contribution >= 0.6 is 31.9 Å². The zero-order valence-corrected chi connectivity index (χ0v) is 15.2. The molecule has 0 amide bonds. The first-order valence-electron chi connectivity index (χ1n) is 6.56. The monoisotopic (exact) mass is 424 g/mol. The maximum atomic E-state index is 12.5. The van der Waals surface area contributed by atoms with Gasteiger partial charge in [-0.05, 0) is 75.6 Å². The van der Waals surface area contributed by atoms with Gasteiger partial charge in [-0.3, -0.25) is 0 Å². The highest BCUT2D eigenvalue weighted by molar-refractivity contribution is 9.11. The lowest BCUT2D eigenvalue weighted by atomic mass is 9.88. The molecule has 2 rings (SSSR count). The molecule has 0 heterocycles. The topological polar surface area (TPSA) is 72.2 Å². The average Bonchev–Trinajstić information content (AvgIpc) is 2.30. The molecule has 1 aliphatic carbocycles. The molecule has 0 bridgehead atoms. The molecule has 1 aromatic carbocycles. The third-order valence-corrected chi connectivity index (χ3v) is 7.02. The Hall–Kier alpha value is -0.110. The van der Waals surface area contributed by atoms with E-state index in [1.807, 2.05) is 0 Å². The molecule has 0 spiro atoms. The predicted molar refractivity (Wildman–Crippen MR) is 88.0 cm³/mol. The first kappa shape index (κ1) is 16.3. The van der Waals surface area contributed by atoms with Crippen LogP contribution in [0, 0.1) is 5.92 Å². The predicted octanol–water partition coefficient (Wildman–Crippen LogP) is 3.65. The number of halogens is 2. The number of nitrogen functional groups attached to an aromatic ring is 1. The van der Waals surface area contributed by atoms with Gasteiger partial charge in [-0.2, -0.15) is 0 Å². The summed E-state index contributed by atoms with van der Waals surface area (Å²) in [6.07, 6.45) is 3.92. The Bertz CT molecular complexity index is 573. The highest BCUT2D eigenvalue weighted by Gasteiger charge is 2.27. The number of rotatable bonds is 3. The first-order valence-corrected chi connectivity index (χ1v) is 9.63. The van der Waals surface area contributed by atoms with Crippen molar-refractivity contribution in [1.82, 2.24) is 4.72 Å². The molecule has 1 saturated carbocycles. The van der Waals surface area contributed by atoms with Crippen LogP contribution in [-0.2, 0) is 10.0 Å². The molecule has 4 nitrogen and oxygen atoms in total. The third-order valence-electron chi connectivity index (χ3n) is 3.63. The highest BCUT2D eigenvalue weighted by Crippen LogP contribution is 2.33. The minimum atomic E-state index is -3.55. The van der Waals surface area contributed by atoms with Crippen LogP contribution in [0.3, 0.4) is 0 Å². The third kappa shape index (κ3) is 3.75. The number of nitrogens with one attached hydrogen (secondary N) is 1. The molecule has 0 radical (unpaired) electrons. The van der Waals surface area contributed by atoms with Gasteiger partial charge >= 0.3 is 0 Å². The van der Waals surface area contributed by atoms with Crippen LogP contribution in [0.5, 0.6) is 0 Å². The minimum absolute atomic E-state index is 0.0209. The zero-order chi connectivity index (χ0) is 14.9. The Morgan fingerprint density at radius 1 is 1.15 bits per heavy atom. The minimum Gasteiger partial charge on any atom is -0.399 e. The van der Waals surface area contributed by atoms with Crippen molar-refractivity contribution in [3.63, 3.8) is 0 Å². The average molecular weight is 426 g/mol. The molecule has 112 valence electrons. The summed E-state index contributed by atoms with van der Waals surface area (Å²) >= 11 is 6.56. The van der Waals surface area contributed by atoms with Crippen molar-refractivity contribution >= 4 is 47.6 Å². The number of anilines is 1. The number of hydrogen-bond donors (Lipinski definition) is 2. The summed E-state index contributed by atoms with van der Waals surface area (Å²) in [4.78, 5) is 0.213. The van der Waals surface area contributed by atoms with Crippen LogP contribution in [-0.4, -0.2) is 14.5 Å². The van der Waals surface area contributed by atoms with Gasteiger partial charge in [0, 0.05) is 20.7 Å². The standard InChI is InChI=1S/C13H18Br2N2O2S/c1-8-2-4-10(5-3-8)17-20(18,19)13-11(14)6-9(16)7-12(13)15/h6-8,10,17H,2-5,16H2,1H3. The molecular weight excluding hydrogens is 408 g/mol. The van der Waals surface area contributed by atoms with Crippen molar-refractivity contribution in [2.45, 2.75) is 43.5 Å². The van der Waals surface area contributed by atoms with Gasteiger partial charge in [0.05, 0.1) is 0 Å². The van der Waals surface area contributed by atoms with Gasteiger partial charge in [-0.15, -0.1) is 0 Å². The van der Waals surface area contributed by atoms with Gasteiger partial charge in [0.15, 0.2) is 0 Å². The largest absolute Gasteiger partial charge is 0.399 e. The van der Waals surface area contributed by atoms with Crippen molar-refractivity contribution < 1.29 is 8.42 Å². The molecule has 7 heteroatoms. The number of nitrogens with two attached hydrogens (primary N) is 1. The molecule has 3 N–H and O–H groups in total. The Morgan fingerprint density at radius 3 is 2.15 bits per heavy atom. The highest BCUT2D eigenvalue weighted by atomic mass is 79.9. The van der Waals surface area contributed by atoms with Gasteiger partial charge in [0.1, 0.15) is 4.90 Å². The summed E-state index contributed by atoms with van der Waals surface area (Å²) in [6, 6.07) is 3.22. The summed E-state index contributed by atoms with van der Waals surface area (Å²) in [7, 11) is -3.55. The van der Waals surface area contributed by atoms with Crippen LogP contribution < -0.4 is 10.5 Å². The van der Waals surface area contributed by atoms with Crippen LogP contribution in [0.2, 0.25) is 0 Å². The Kier molecular flexibility index (Phi) is 5.15. The van der Waals surface area contributed by atoms with E-state index in [-0.39, 0.29) is 10.9 Å². The molecule has 0 atom stereocenters. The van der Waals surface area contributed by atoms with Gasteiger partial charge < -0.3 is 5.73 Å². The van der Waals surface area contributed by atoms with Crippen molar-refractivity contribution in [1.29, 1.82) is 0 Å². The van der Waals surface area contributed by atoms with Crippen LogP contribution in [0.4, 0.5) is 5.69 Å². The lowest BCUT2D eigenvalue weighted by Crippen LogP contribution is -2.37. The Labute approximate surface area is 136 Å². The maximum Gasteiger partial charge on any atom is 0.243 e. The Morgan fingerprint density at radius 2 is 1.65 bits per heavy atom. The van der Waals surface area contributed by atoms with E-state index in [2.05, 4.69) is 43.5 Å². The summed E-state index contributed by atoms with van der Waals surface area (Å²) in [5.74, 6) is 0.686. The van der Waals surface area contributed by atoms with Gasteiger partial charge in [0.25, 0.3) is 0 Å². The maximum absolute atomic E-state index is 12.5. The van der Waals surface area contributed by atoms with Crippen LogP contribution in [0.25, 0.3) is 0 Å². The fourth-order valence-electron chi connectivity index (χ4n) is 2.49. The van der Waals surface area contributed by atoms with E-state index in [1.165, 1.54) is 0 Å². The van der Waals surface area contributed by atoms with E-state index in [1.54, 1.807) is 12.1 Å². The van der Waals surface area contributed by atoms with Crippen molar-refractivity contribution in [2.24, 2.45) is 5.92 Å². The SMILES string of the molecule is CC1CCC(NS(=O)(=O)c2c(Br)cc(N)cc2Br)CC1. The first-order chi connectivity index (χ1) is 9.29. The van der Waals surface area contributed by atoms with Crippen molar-refractivity contribution in [3.05, 3.63) is 21.1 Å². The summed E-state index contributed by atoms with van der Waals surface area (Å²) in [5, 5.41) is 0. The van der Waals surface area contributed by atoms with Gasteiger partial charge in [0.2, 0.25) is 10.0 Å². The molecule has 1 aliphatic rings. The van der Waals surface area contributed by atoms with E-state index in [9.17, 15) is 8.42 Å². The second kappa shape index (κ2) is 6.34. The molecule has 0 aliphatic heterocycles. The smallest absolute Gasteiger partial charge is 0.243 e. The zero-order valence-electron chi connectivity index (χ0n) is 11.2. The lowest BCUT2D eigenvalue weighted by Gasteiger charge is -2.27. The van der Waals surface area contributed by atoms with Crippen LogP contribution in [0.1, 0.15) is 32.6 Å². The number of benzene rings is 1. The summed E-state index contributed by atoms with van der Waals surface area (Å²) < 4.78 is 28.8. The number of hydrogen-bond acceptors (Lipinski definition) is 3.